The molecule has 0 aliphatic heterocycles. The molecule has 0 saturated heterocycles. The number of aromatic nitrogens is 6. The van der Waals surface area contributed by atoms with E-state index in [4.69, 9.17) is 11.5 Å². The van der Waals surface area contributed by atoms with Crippen molar-refractivity contribution in [2.45, 2.75) is 33.1 Å². The van der Waals surface area contributed by atoms with Crippen LogP contribution in [0.3, 0.4) is 0 Å². The van der Waals surface area contributed by atoms with Gasteiger partial charge in [-0.15, -0.1) is 0 Å². The summed E-state index contributed by atoms with van der Waals surface area (Å²) in [5, 5.41) is 9.18. The van der Waals surface area contributed by atoms with Crippen LogP contribution in [-0.4, -0.2) is 56.7 Å². The third-order valence-electron chi connectivity index (χ3n) is 3.59. The van der Waals surface area contributed by atoms with Crippen LogP contribution in [0.4, 0.5) is 35.7 Å². The van der Waals surface area contributed by atoms with E-state index < -0.39 is 0 Å². The Kier molecular flexibility index (Phi) is 7.52. The van der Waals surface area contributed by atoms with Gasteiger partial charge in [0.15, 0.2) is 0 Å². The van der Waals surface area contributed by atoms with E-state index in [9.17, 15) is 0 Å². The maximum absolute atomic E-state index is 5.71. The Morgan fingerprint density at radius 1 is 0.815 bits per heavy atom. The summed E-state index contributed by atoms with van der Waals surface area (Å²) in [6, 6.07) is 0. The highest BCUT2D eigenvalue weighted by molar-refractivity contribution is 5.44. The Hall–Kier alpha value is -3.18. The minimum Gasteiger partial charge on any atom is -0.368 e. The van der Waals surface area contributed by atoms with Crippen molar-refractivity contribution < 1.29 is 0 Å². The Balaban J connectivity index is 2.16. The number of nitrogen functional groups attached to an aromatic ring is 2. The zero-order valence-electron chi connectivity index (χ0n) is 16.0. The van der Waals surface area contributed by atoms with Crippen LogP contribution in [0.15, 0.2) is 0 Å². The molecular weight excluding hydrogens is 348 g/mol. The van der Waals surface area contributed by atoms with Gasteiger partial charge in [-0.1, -0.05) is 19.8 Å². The molecule has 0 radical (unpaired) electrons. The SMILES string of the molecule is CCCCCN(CNc1nc(NC)nc(NCC)n1)c1nc(N)nc(N)n1. The quantitative estimate of drug-likeness (QED) is 0.276. The van der Waals surface area contributed by atoms with Gasteiger partial charge in [0, 0.05) is 20.1 Å². The highest BCUT2D eigenvalue weighted by Crippen LogP contribution is 2.13. The summed E-state index contributed by atoms with van der Waals surface area (Å²) in [5.41, 5.74) is 11.4. The first-order valence-corrected chi connectivity index (χ1v) is 8.99. The number of nitrogens with zero attached hydrogens (tertiary/aromatic N) is 7. The second-order valence-corrected chi connectivity index (χ2v) is 5.74. The first-order valence-electron chi connectivity index (χ1n) is 8.99. The molecule has 0 aliphatic rings. The Morgan fingerprint density at radius 3 is 2.04 bits per heavy atom. The molecule has 0 saturated carbocycles. The highest BCUT2D eigenvalue weighted by atomic mass is 15.4. The van der Waals surface area contributed by atoms with Crippen molar-refractivity contribution >= 4 is 35.7 Å². The van der Waals surface area contributed by atoms with Crippen molar-refractivity contribution in [3.05, 3.63) is 0 Å². The number of nitrogens with two attached hydrogens (primary N) is 2. The Bertz CT molecular complexity index is 702. The number of unbranched alkanes of at least 4 members (excludes halogenated alkanes) is 2. The predicted octanol–water partition coefficient (Wildman–Crippen LogP) is 0.761. The maximum atomic E-state index is 5.71. The second kappa shape index (κ2) is 10.1. The van der Waals surface area contributed by atoms with Crippen molar-refractivity contribution in [1.82, 2.24) is 29.9 Å². The van der Waals surface area contributed by atoms with Crippen LogP contribution in [-0.2, 0) is 0 Å². The largest absolute Gasteiger partial charge is 0.368 e. The van der Waals surface area contributed by atoms with Crippen LogP contribution in [0.1, 0.15) is 33.1 Å². The van der Waals surface area contributed by atoms with Crippen LogP contribution >= 0.6 is 0 Å². The first kappa shape index (κ1) is 20.1. The minimum absolute atomic E-state index is 0.0880. The van der Waals surface area contributed by atoms with Gasteiger partial charge in [-0.2, -0.15) is 29.9 Å². The first-order chi connectivity index (χ1) is 13.0. The fourth-order valence-electron chi connectivity index (χ4n) is 2.31. The zero-order chi connectivity index (χ0) is 19.6. The second-order valence-electron chi connectivity index (χ2n) is 5.74. The molecule has 0 aliphatic carbocycles. The number of nitrogens with one attached hydrogen (secondary N) is 3. The van der Waals surface area contributed by atoms with Gasteiger partial charge >= 0.3 is 0 Å². The van der Waals surface area contributed by atoms with E-state index in [0.29, 0.717) is 37.0 Å². The lowest BCUT2D eigenvalue weighted by atomic mass is 10.2. The van der Waals surface area contributed by atoms with Crippen LogP contribution in [0.25, 0.3) is 0 Å². The molecule has 0 unspecified atom stereocenters. The van der Waals surface area contributed by atoms with Crippen LogP contribution in [0.2, 0.25) is 0 Å². The van der Waals surface area contributed by atoms with Crippen molar-refractivity contribution in [3.63, 3.8) is 0 Å². The molecule has 12 heteroatoms. The molecule has 2 rings (SSSR count). The number of rotatable bonds is 11. The van der Waals surface area contributed by atoms with Gasteiger partial charge in [0.1, 0.15) is 0 Å². The maximum Gasteiger partial charge on any atom is 0.233 e. The third kappa shape index (κ3) is 6.24. The fraction of sp³-hybridized carbons (Fsp3) is 0.600. The van der Waals surface area contributed by atoms with Gasteiger partial charge in [0.05, 0.1) is 6.67 Å². The van der Waals surface area contributed by atoms with E-state index in [-0.39, 0.29) is 11.9 Å². The summed E-state index contributed by atoms with van der Waals surface area (Å²) in [5.74, 6) is 1.98. The lowest BCUT2D eigenvalue weighted by Crippen LogP contribution is -2.33. The molecule has 2 heterocycles. The zero-order valence-corrected chi connectivity index (χ0v) is 16.0. The normalized spacial score (nSPS) is 10.5. The van der Waals surface area contributed by atoms with Gasteiger partial charge in [-0.25, -0.2) is 0 Å². The smallest absolute Gasteiger partial charge is 0.233 e. The molecule has 12 nitrogen and oxygen atoms in total. The van der Waals surface area contributed by atoms with E-state index in [1.165, 1.54) is 0 Å². The van der Waals surface area contributed by atoms with Gasteiger partial charge in [-0.05, 0) is 13.3 Å². The van der Waals surface area contributed by atoms with Gasteiger partial charge < -0.3 is 32.3 Å². The lowest BCUT2D eigenvalue weighted by molar-refractivity contribution is 0.674. The number of hydrogen-bond acceptors (Lipinski definition) is 12. The molecule has 0 atom stereocenters. The van der Waals surface area contributed by atoms with Gasteiger partial charge in [0.2, 0.25) is 35.7 Å². The molecule has 0 amide bonds. The third-order valence-corrected chi connectivity index (χ3v) is 3.59. The molecule has 2 aromatic heterocycles. The summed E-state index contributed by atoms with van der Waals surface area (Å²) in [7, 11) is 1.75. The fourth-order valence-corrected chi connectivity index (χ4v) is 2.31. The average Bonchev–Trinajstić information content (AvgIpc) is 2.63. The summed E-state index contributed by atoms with van der Waals surface area (Å²) >= 11 is 0. The van der Waals surface area contributed by atoms with Crippen LogP contribution in [0, 0.1) is 0 Å². The van der Waals surface area contributed by atoms with Crippen LogP contribution in [0.5, 0.6) is 0 Å². The average molecular weight is 376 g/mol. The molecule has 0 fully saturated rings. The van der Waals surface area contributed by atoms with Crippen molar-refractivity contribution in [1.29, 1.82) is 0 Å². The number of anilines is 6. The molecule has 2 aromatic rings. The summed E-state index contributed by atoms with van der Waals surface area (Å²) in [6.07, 6.45) is 3.17. The molecule has 27 heavy (non-hydrogen) atoms. The minimum atomic E-state index is 0.0880. The standard InChI is InChI=1S/C15H28N12/c1-4-6-7-8-27(15-22-10(16)21-11(17)23-15)9-20-14-25-12(18-3)24-13(26-14)19-5-2/h4-9H2,1-3H3,(H4,16,17,21,22,23)(H3,18,19,20,24,25,26). The van der Waals surface area contributed by atoms with Crippen molar-refractivity contribution in [2.75, 3.05) is 59.1 Å². The molecule has 148 valence electrons. The molecular formula is C15H28N12. The summed E-state index contributed by atoms with van der Waals surface area (Å²) in [4.78, 5) is 27.1. The van der Waals surface area contributed by atoms with E-state index in [0.717, 1.165) is 25.8 Å². The summed E-state index contributed by atoms with van der Waals surface area (Å²) < 4.78 is 0. The highest BCUT2D eigenvalue weighted by Gasteiger charge is 2.13. The van der Waals surface area contributed by atoms with E-state index >= 15 is 0 Å². The Morgan fingerprint density at radius 2 is 1.44 bits per heavy atom. The summed E-state index contributed by atoms with van der Waals surface area (Å²) in [6.45, 7) is 5.94. The van der Waals surface area contributed by atoms with Gasteiger partial charge in [-0.3, -0.25) is 0 Å². The molecule has 0 bridgehead atoms. The number of hydrogen-bond donors (Lipinski definition) is 5. The van der Waals surface area contributed by atoms with E-state index in [2.05, 4.69) is 52.8 Å². The van der Waals surface area contributed by atoms with E-state index in [1.807, 2.05) is 11.8 Å². The molecule has 0 spiro atoms. The topological polar surface area (TPSA) is 169 Å². The van der Waals surface area contributed by atoms with Crippen LogP contribution < -0.4 is 32.3 Å². The lowest BCUT2D eigenvalue weighted by Gasteiger charge is -2.23. The van der Waals surface area contributed by atoms with Crippen molar-refractivity contribution in [3.8, 4) is 0 Å². The van der Waals surface area contributed by atoms with E-state index in [1.54, 1.807) is 7.05 Å². The predicted molar refractivity (Wildman–Crippen MR) is 108 cm³/mol. The Labute approximate surface area is 158 Å². The molecule has 7 N–H and O–H groups in total. The molecule has 0 aromatic carbocycles. The van der Waals surface area contributed by atoms with Crippen molar-refractivity contribution in [2.24, 2.45) is 0 Å². The monoisotopic (exact) mass is 376 g/mol. The van der Waals surface area contributed by atoms with Gasteiger partial charge in [0.25, 0.3) is 0 Å².